The summed E-state index contributed by atoms with van der Waals surface area (Å²) in [4.78, 5) is 4.45. The van der Waals surface area contributed by atoms with Crippen molar-refractivity contribution in [2.24, 2.45) is 4.99 Å². The molecule has 0 aliphatic heterocycles. The van der Waals surface area contributed by atoms with E-state index in [1.54, 1.807) is 13.3 Å². The van der Waals surface area contributed by atoms with Crippen LogP contribution < -0.4 is 9.47 Å². The largest absolute Gasteiger partial charge is 0.493 e. The Morgan fingerprint density at radius 3 is 2.64 bits per heavy atom. The quantitative estimate of drug-likeness (QED) is 0.581. The van der Waals surface area contributed by atoms with Crippen LogP contribution >= 0.6 is 15.9 Å². The van der Waals surface area contributed by atoms with E-state index in [1.807, 2.05) is 43.3 Å². The van der Waals surface area contributed by atoms with Gasteiger partial charge < -0.3 is 9.47 Å². The van der Waals surface area contributed by atoms with Crippen molar-refractivity contribution in [3.05, 3.63) is 52.0 Å². The molecule has 0 N–H and O–H groups in total. The molecule has 22 heavy (non-hydrogen) atoms. The molecule has 0 aliphatic rings. The van der Waals surface area contributed by atoms with Crippen LogP contribution in [0.3, 0.4) is 0 Å². The lowest BCUT2D eigenvalue weighted by molar-refractivity contribution is 0.329. The van der Waals surface area contributed by atoms with Gasteiger partial charge in [-0.2, -0.15) is 0 Å². The monoisotopic (exact) mass is 357 g/mol. The predicted molar refractivity (Wildman–Crippen MR) is 93.5 cm³/mol. The van der Waals surface area contributed by atoms with Crippen LogP contribution in [0.15, 0.2) is 45.9 Å². The molecule has 0 radical (unpaired) electrons. The number of ether oxygens (including phenoxy) is 2. The number of aliphatic imine (C=N–C) groups is 1. The van der Waals surface area contributed by atoms with Crippen LogP contribution in [-0.4, -0.2) is 19.9 Å². The fraction of sp³-hybridized carbons (Fsp3) is 0.167. The molecule has 0 heterocycles. The summed E-state index contributed by atoms with van der Waals surface area (Å²) in [6.45, 7) is 2.23. The van der Waals surface area contributed by atoms with E-state index in [0.29, 0.717) is 11.5 Å². The number of hydrogen-bond donors (Lipinski definition) is 0. The van der Waals surface area contributed by atoms with Gasteiger partial charge in [-0.25, -0.2) is 0 Å². The second-order valence-corrected chi connectivity index (χ2v) is 5.47. The molecular formula is C18H16BrNO2. The summed E-state index contributed by atoms with van der Waals surface area (Å²) < 4.78 is 11.6. The third-order valence-electron chi connectivity index (χ3n) is 2.95. The van der Waals surface area contributed by atoms with Gasteiger partial charge in [0.15, 0.2) is 11.5 Å². The minimum atomic E-state index is 0.186. The number of benzene rings is 2. The van der Waals surface area contributed by atoms with Crippen molar-refractivity contribution >= 4 is 27.8 Å². The molecule has 0 amide bonds. The zero-order chi connectivity index (χ0) is 15.9. The number of hydrogen-bond acceptors (Lipinski definition) is 3. The first-order valence-electron chi connectivity index (χ1n) is 6.68. The minimum absolute atomic E-state index is 0.186. The summed E-state index contributed by atoms with van der Waals surface area (Å²) in [5.74, 6) is 3.63. The molecule has 0 fully saturated rings. The minimum Gasteiger partial charge on any atom is -0.493 e. The highest BCUT2D eigenvalue weighted by Gasteiger charge is 2.10. The molecule has 4 heteroatoms. The van der Waals surface area contributed by atoms with E-state index in [2.05, 4.69) is 26.8 Å². The molecule has 2 aromatic rings. The lowest BCUT2D eigenvalue weighted by Gasteiger charge is -2.11. The molecule has 0 saturated heterocycles. The Morgan fingerprint density at radius 2 is 2.00 bits per heavy atom. The maximum absolute atomic E-state index is 5.49. The molecular weight excluding hydrogens is 342 g/mol. The van der Waals surface area contributed by atoms with Crippen LogP contribution in [0.25, 0.3) is 0 Å². The zero-order valence-corrected chi connectivity index (χ0v) is 14.1. The van der Waals surface area contributed by atoms with Gasteiger partial charge in [0.25, 0.3) is 0 Å². The average Bonchev–Trinajstić information content (AvgIpc) is 2.53. The van der Waals surface area contributed by atoms with Gasteiger partial charge in [0, 0.05) is 6.21 Å². The fourth-order valence-corrected chi connectivity index (χ4v) is 2.42. The first kappa shape index (κ1) is 16.1. The van der Waals surface area contributed by atoms with Crippen molar-refractivity contribution in [3.63, 3.8) is 0 Å². The highest BCUT2D eigenvalue weighted by molar-refractivity contribution is 9.10. The van der Waals surface area contributed by atoms with Gasteiger partial charge in [-0.3, -0.25) is 4.99 Å². The second kappa shape index (κ2) is 7.67. The first-order chi connectivity index (χ1) is 10.6. The van der Waals surface area contributed by atoms with Crippen molar-refractivity contribution in [1.82, 2.24) is 0 Å². The second-order valence-electron chi connectivity index (χ2n) is 4.62. The van der Waals surface area contributed by atoms with E-state index in [4.69, 9.17) is 15.9 Å². The molecule has 0 aromatic heterocycles. The lowest BCUT2D eigenvalue weighted by Crippen LogP contribution is -1.98. The first-order valence-corrected chi connectivity index (χ1v) is 7.48. The standard InChI is InChI=1S/C18H16BrNO2/c1-4-9-22-18-16(19)10-14(11-17(18)21-3)12-20-15-7-5-13(2)6-8-15/h1,5-8,10-12H,9H2,2-3H3. The summed E-state index contributed by atoms with van der Waals surface area (Å²) in [5, 5.41) is 0. The van der Waals surface area contributed by atoms with Crippen LogP contribution in [0.1, 0.15) is 11.1 Å². The number of rotatable bonds is 5. The van der Waals surface area contributed by atoms with E-state index in [0.717, 1.165) is 15.7 Å². The SMILES string of the molecule is C#CCOc1c(Br)cc(C=Nc2ccc(C)cc2)cc1OC. The summed E-state index contributed by atoms with van der Waals surface area (Å²) >= 11 is 3.47. The number of aryl methyl sites for hydroxylation is 1. The van der Waals surface area contributed by atoms with Crippen molar-refractivity contribution in [3.8, 4) is 23.8 Å². The van der Waals surface area contributed by atoms with Gasteiger partial charge in [0.2, 0.25) is 0 Å². The van der Waals surface area contributed by atoms with Crippen molar-refractivity contribution < 1.29 is 9.47 Å². The van der Waals surface area contributed by atoms with Crippen molar-refractivity contribution in [2.75, 3.05) is 13.7 Å². The molecule has 3 nitrogen and oxygen atoms in total. The van der Waals surface area contributed by atoms with Gasteiger partial charge in [-0.1, -0.05) is 23.6 Å². The topological polar surface area (TPSA) is 30.8 Å². The number of halogens is 1. The maximum atomic E-state index is 5.49. The maximum Gasteiger partial charge on any atom is 0.176 e. The van der Waals surface area contributed by atoms with E-state index >= 15 is 0 Å². The van der Waals surface area contributed by atoms with E-state index in [9.17, 15) is 0 Å². The average molecular weight is 358 g/mol. The Kier molecular flexibility index (Phi) is 5.62. The zero-order valence-electron chi connectivity index (χ0n) is 12.5. The summed E-state index contributed by atoms with van der Waals surface area (Å²) in [5.41, 5.74) is 3.00. The molecule has 0 saturated carbocycles. The Labute approximate surface area is 139 Å². The Balaban J connectivity index is 2.26. The highest BCUT2D eigenvalue weighted by atomic mass is 79.9. The van der Waals surface area contributed by atoms with Gasteiger partial charge in [-0.15, -0.1) is 6.42 Å². The number of terminal acetylenes is 1. The van der Waals surface area contributed by atoms with Crippen molar-refractivity contribution in [1.29, 1.82) is 0 Å². The smallest absolute Gasteiger partial charge is 0.176 e. The van der Waals surface area contributed by atoms with Gasteiger partial charge >= 0.3 is 0 Å². The Morgan fingerprint density at radius 1 is 1.27 bits per heavy atom. The van der Waals surface area contributed by atoms with Gasteiger partial charge in [-0.05, 0) is 52.7 Å². The number of nitrogens with zero attached hydrogens (tertiary/aromatic N) is 1. The van der Waals surface area contributed by atoms with Crippen LogP contribution in [0.2, 0.25) is 0 Å². The van der Waals surface area contributed by atoms with Crippen LogP contribution in [0.5, 0.6) is 11.5 Å². The number of methoxy groups -OCH3 is 1. The van der Waals surface area contributed by atoms with Gasteiger partial charge in [0.1, 0.15) is 6.61 Å². The fourth-order valence-electron chi connectivity index (χ4n) is 1.85. The van der Waals surface area contributed by atoms with Gasteiger partial charge in [0.05, 0.1) is 17.3 Å². The molecule has 0 bridgehead atoms. The summed E-state index contributed by atoms with van der Waals surface area (Å²) in [6.07, 6.45) is 7.00. The Bertz CT molecular complexity index is 715. The third kappa shape index (κ3) is 4.12. The Hall–Kier alpha value is -2.25. The highest BCUT2D eigenvalue weighted by Crippen LogP contribution is 2.36. The summed E-state index contributed by atoms with van der Waals surface area (Å²) in [6, 6.07) is 11.8. The van der Waals surface area contributed by atoms with E-state index < -0.39 is 0 Å². The van der Waals surface area contributed by atoms with Crippen molar-refractivity contribution in [2.45, 2.75) is 6.92 Å². The predicted octanol–water partition coefficient (Wildman–Crippen LogP) is 4.53. The molecule has 2 rings (SSSR count). The molecule has 0 unspecified atom stereocenters. The molecule has 2 aromatic carbocycles. The molecule has 112 valence electrons. The van der Waals surface area contributed by atoms with E-state index in [-0.39, 0.29) is 6.61 Å². The normalized spacial score (nSPS) is 10.5. The molecule has 0 aliphatic carbocycles. The van der Waals surface area contributed by atoms with E-state index in [1.165, 1.54) is 5.56 Å². The third-order valence-corrected chi connectivity index (χ3v) is 3.54. The molecule has 0 spiro atoms. The van der Waals surface area contributed by atoms with Crippen LogP contribution in [-0.2, 0) is 0 Å². The van der Waals surface area contributed by atoms with Crippen LogP contribution in [0, 0.1) is 19.3 Å². The lowest BCUT2D eigenvalue weighted by atomic mass is 10.2. The van der Waals surface area contributed by atoms with Crippen LogP contribution in [0.4, 0.5) is 5.69 Å². The summed E-state index contributed by atoms with van der Waals surface area (Å²) in [7, 11) is 1.59. The molecule has 0 atom stereocenters.